The number of nitrogens with zero attached hydrogens (tertiary/aromatic N) is 3. The lowest BCUT2D eigenvalue weighted by molar-refractivity contribution is 0.100. The number of carbonyl (C=O) groups is 1. The van der Waals surface area contributed by atoms with Crippen molar-refractivity contribution in [3.05, 3.63) is 59.6 Å². The van der Waals surface area contributed by atoms with Crippen molar-refractivity contribution >= 4 is 22.6 Å². The zero-order valence-electron chi connectivity index (χ0n) is 13.5. The lowest BCUT2D eigenvalue weighted by Crippen LogP contribution is -2.24. The first-order valence-corrected chi connectivity index (χ1v) is 7.43. The first-order chi connectivity index (χ1) is 12.8. The van der Waals surface area contributed by atoms with Gasteiger partial charge in [-0.05, 0) is 17.5 Å². The Morgan fingerprint density at radius 3 is 2.30 bits per heavy atom. The van der Waals surface area contributed by atoms with Crippen LogP contribution in [0.25, 0.3) is 22.0 Å². The van der Waals surface area contributed by atoms with Gasteiger partial charge in [-0.1, -0.05) is 6.07 Å². The Bertz CT molecular complexity index is 1060. The predicted octanol–water partition coefficient (Wildman–Crippen LogP) is 2.93. The molecule has 0 saturated heterocycles. The van der Waals surface area contributed by atoms with Gasteiger partial charge in [0.15, 0.2) is 17.6 Å². The fourth-order valence-corrected chi connectivity index (χ4v) is 2.59. The molecule has 0 aliphatic heterocycles. The number of amides is 1. The summed E-state index contributed by atoms with van der Waals surface area (Å²) < 4.78 is 54.9. The number of fused-ring (bicyclic) bond motifs is 1. The van der Waals surface area contributed by atoms with Gasteiger partial charge < -0.3 is 11.5 Å². The summed E-state index contributed by atoms with van der Waals surface area (Å²) in [5.41, 5.74) is 8.98. The monoisotopic (exact) mass is 377 g/mol. The molecule has 10 heteroatoms. The average Bonchev–Trinajstić information content (AvgIpc) is 2.60. The van der Waals surface area contributed by atoms with E-state index in [4.69, 9.17) is 11.5 Å². The Labute approximate surface area is 149 Å². The van der Waals surface area contributed by atoms with E-state index >= 15 is 0 Å². The van der Waals surface area contributed by atoms with Crippen LogP contribution in [-0.4, -0.2) is 21.8 Å². The van der Waals surface area contributed by atoms with Crippen molar-refractivity contribution in [2.24, 2.45) is 16.5 Å². The number of nitrogens with two attached hydrogens (primary N) is 2. The number of guanidine groups is 1. The Morgan fingerprint density at radius 2 is 1.70 bits per heavy atom. The van der Waals surface area contributed by atoms with Crippen LogP contribution in [0, 0.1) is 11.6 Å². The van der Waals surface area contributed by atoms with Crippen molar-refractivity contribution < 1.29 is 22.4 Å². The number of halogens is 4. The molecule has 0 unspecified atom stereocenters. The van der Waals surface area contributed by atoms with Crippen LogP contribution in [0.5, 0.6) is 0 Å². The number of aliphatic imine (C=N–C) groups is 1. The Hall–Kier alpha value is -3.56. The molecule has 0 bridgehead atoms. The SMILES string of the molecule is NC(N)=NC(=O)c1ccc2c(C(F)F)cnc(-c3c(F)cncc3F)c2c1. The fraction of sp³-hybridized carbons (Fsp3) is 0.0588. The fourth-order valence-electron chi connectivity index (χ4n) is 2.59. The van der Waals surface area contributed by atoms with Crippen LogP contribution < -0.4 is 11.5 Å². The second-order valence-corrected chi connectivity index (χ2v) is 5.44. The minimum Gasteiger partial charge on any atom is -0.370 e. The van der Waals surface area contributed by atoms with E-state index in [1.54, 1.807) is 0 Å². The Balaban J connectivity index is 2.35. The highest BCUT2D eigenvalue weighted by molar-refractivity contribution is 6.06. The lowest BCUT2D eigenvalue weighted by Gasteiger charge is -2.12. The standard InChI is InChI=1S/C17H11F4N5O/c18-11-5-24-6-12(19)13(11)14-9-3-7(16(27)26-17(22)23)1-2-8(9)10(4-25-14)15(20)21/h1-6,15H,(H4,22,23,26,27). The summed E-state index contributed by atoms with van der Waals surface area (Å²) in [5.74, 6) is -3.41. The van der Waals surface area contributed by atoms with Crippen LogP contribution in [0.4, 0.5) is 17.6 Å². The molecule has 27 heavy (non-hydrogen) atoms. The number of hydrogen-bond donors (Lipinski definition) is 2. The zero-order valence-corrected chi connectivity index (χ0v) is 13.5. The van der Waals surface area contributed by atoms with Crippen molar-refractivity contribution in [1.82, 2.24) is 9.97 Å². The molecule has 3 aromatic rings. The van der Waals surface area contributed by atoms with E-state index in [0.717, 1.165) is 24.7 Å². The van der Waals surface area contributed by atoms with Gasteiger partial charge in [-0.3, -0.25) is 14.8 Å². The molecule has 2 aromatic heterocycles. The Morgan fingerprint density at radius 1 is 1.04 bits per heavy atom. The third-order valence-electron chi connectivity index (χ3n) is 3.72. The zero-order chi connectivity index (χ0) is 19.7. The molecule has 0 aliphatic carbocycles. The number of carbonyl (C=O) groups excluding carboxylic acids is 1. The number of hydrogen-bond acceptors (Lipinski definition) is 3. The van der Waals surface area contributed by atoms with E-state index in [0.29, 0.717) is 0 Å². The maximum absolute atomic E-state index is 14.1. The number of pyridine rings is 2. The minimum atomic E-state index is -2.89. The van der Waals surface area contributed by atoms with E-state index in [1.165, 1.54) is 12.1 Å². The number of aromatic nitrogens is 2. The molecule has 3 rings (SSSR count). The molecule has 0 radical (unpaired) electrons. The van der Waals surface area contributed by atoms with E-state index in [2.05, 4.69) is 15.0 Å². The quantitative estimate of drug-likeness (QED) is 0.415. The highest BCUT2D eigenvalue weighted by Crippen LogP contribution is 2.35. The van der Waals surface area contributed by atoms with E-state index < -0.39 is 41.1 Å². The average molecular weight is 377 g/mol. The third-order valence-corrected chi connectivity index (χ3v) is 3.72. The normalized spacial score (nSPS) is 11.0. The highest BCUT2D eigenvalue weighted by Gasteiger charge is 2.21. The first kappa shape index (κ1) is 18.2. The summed E-state index contributed by atoms with van der Waals surface area (Å²) in [5, 5.41) is -0.0831. The van der Waals surface area contributed by atoms with Crippen molar-refractivity contribution in [3.8, 4) is 11.3 Å². The van der Waals surface area contributed by atoms with Crippen LogP contribution in [0.2, 0.25) is 0 Å². The largest absolute Gasteiger partial charge is 0.370 e. The van der Waals surface area contributed by atoms with Gasteiger partial charge in [-0.15, -0.1) is 0 Å². The molecule has 0 spiro atoms. The summed E-state index contributed by atoms with van der Waals surface area (Å²) in [6, 6.07) is 3.60. The van der Waals surface area contributed by atoms with Crippen molar-refractivity contribution in [1.29, 1.82) is 0 Å². The summed E-state index contributed by atoms with van der Waals surface area (Å²) >= 11 is 0. The third kappa shape index (κ3) is 3.41. The smallest absolute Gasteiger partial charge is 0.280 e. The van der Waals surface area contributed by atoms with Crippen molar-refractivity contribution in [2.75, 3.05) is 0 Å². The molecule has 0 aliphatic rings. The van der Waals surface area contributed by atoms with Gasteiger partial charge in [0.25, 0.3) is 12.3 Å². The Kier molecular flexibility index (Phi) is 4.72. The van der Waals surface area contributed by atoms with Gasteiger partial charge in [0.1, 0.15) is 0 Å². The second-order valence-electron chi connectivity index (χ2n) is 5.44. The molecule has 0 saturated carbocycles. The maximum Gasteiger partial charge on any atom is 0.280 e. The van der Waals surface area contributed by atoms with Gasteiger partial charge in [-0.2, -0.15) is 4.99 Å². The molecule has 0 fully saturated rings. The number of rotatable bonds is 3. The van der Waals surface area contributed by atoms with Crippen molar-refractivity contribution in [3.63, 3.8) is 0 Å². The summed E-state index contributed by atoms with van der Waals surface area (Å²) in [6.45, 7) is 0. The molecule has 138 valence electrons. The van der Waals surface area contributed by atoms with Crippen LogP contribution >= 0.6 is 0 Å². The lowest BCUT2D eigenvalue weighted by atomic mass is 9.98. The van der Waals surface area contributed by atoms with Gasteiger partial charge in [-0.25, -0.2) is 17.6 Å². The second kappa shape index (κ2) is 6.98. The molecule has 6 nitrogen and oxygen atoms in total. The first-order valence-electron chi connectivity index (χ1n) is 7.43. The molecule has 2 heterocycles. The summed E-state index contributed by atoms with van der Waals surface area (Å²) in [7, 11) is 0. The van der Waals surface area contributed by atoms with E-state index in [9.17, 15) is 22.4 Å². The topological polar surface area (TPSA) is 107 Å². The highest BCUT2D eigenvalue weighted by atomic mass is 19.3. The van der Waals surface area contributed by atoms with Crippen LogP contribution in [-0.2, 0) is 0 Å². The van der Waals surface area contributed by atoms with Gasteiger partial charge in [0.05, 0.1) is 23.7 Å². The molecule has 1 amide bonds. The minimum absolute atomic E-state index is 0.0214. The van der Waals surface area contributed by atoms with Crippen LogP contribution in [0.1, 0.15) is 22.3 Å². The van der Waals surface area contributed by atoms with Crippen molar-refractivity contribution in [2.45, 2.75) is 6.43 Å². The van der Waals surface area contributed by atoms with Gasteiger partial charge in [0, 0.05) is 22.7 Å². The van der Waals surface area contributed by atoms with Crippen LogP contribution in [0.3, 0.4) is 0 Å². The van der Waals surface area contributed by atoms with Gasteiger partial charge in [0.2, 0.25) is 0 Å². The van der Waals surface area contributed by atoms with E-state index in [-0.39, 0.29) is 22.0 Å². The van der Waals surface area contributed by atoms with E-state index in [1.807, 2.05) is 0 Å². The summed E-state index contributed by atoms with van der Waals surface area (Å²) in [4.78, 5) is 22.6. The number of benzene rings is 1. The predicted molar refractivity (Wildman–Crippen MR) is 90.0 cm³/mol. The van der Waals surface area contributed by atoms with Gasteiger partial charge >= 0.3 is 0 Å². The molecular formula is C17H11F4N5O. The summed E-state index contributed by atoms with van der Waals surface area (Å²) in [6.07, 6.45) is -0.525. The molecular weight excluding hydrogens is 366 g/mol. The molecule has 4 N–H and O–H groups in total. The molecule has 0 atom stereocenters. The maximum atomic E-state index is 14.1. The number of alkyl halides is 2. The molecule has 1 aromatic carbocycles. The van der Waals surface area contributed by atoms with Crippen LogP contribution in [0.15, 0.2) is 41.8 Å².